The van der Waals surface area contributed by atoms with Gasteiger partial charge in [0.1, 0.15) is 15.8 Å². The molecule has 0 aliphatic carbocycles. The third-order valence-corrected chi connectivity index (χ3v) is 6.01. The second-order valence-corrected chi connectivity index (χ2v) is 8.33. The van der Waals surface area contributed by atoms with E-state index >= 15 is 0 Å². The number of carbonyl (C=O) groups excluding carboxylic acids is 1. The van der Waals surface area contributed by atoms with Gasteiger partial charge in [-0.15, -0.1) is 0 Å². The number of thiocarbonyl (C=S) groups is 1. The van der Waals surface area contributed by atoms with Crippen LogP contribution in [0.25, 0.3) is 17.4 Å². The first-order valence-electron chi connectivity index (χ1n) is 9.24. The van der Waals surface area contributed by atoms with Gasteiger partial charge in [-0.2, -0.15) is 0 Å². The van der Waals surface area contributed by atoms with Gasteiger partial charge >= 0.3 is 5.97 Å². The van der Waals surface area contributed by atoms with Crippen LogP contribution in [0.4, 0.5) is 0 Å². The van der Waals surface area contributed by atoms with Crippen LogP contribution in [0.5, 0.6) is 0 Å². The molecule has 3 aromatic rings. The van der Waals surface area contributed by atoms with Crippen LogP contribution in [-0.4, -0.2) is 32.7 Å². The summed E-state index contributed by atoms with van der Waals surface area (Å²) in [5.41, 5.74) is 2.03. The summed E-state index contributed by atoms with van der Waals surface area (Å²) >= 11 is 6.62. The summed E-state index contributed by atoms with van der Waals surface area (Å²) in [6, 6.07) is 20.1. The molecule has 1 aliphatic rings. The topological polar surface area (TPSA) is 70.8 Å². The van der Waals surface area contributed by atoms with Gasteiger partial charge in [0.15, 0.2) is 0 Å². The first-order valence-corrected chi connectivity index (χ1v) is 10.5. The summed E-state index contributed by atoms with van der Waals surface area (Å²) in [7, 11) is 0. The maximum absolute atomic E-state index is 12.8. The predicted molar refractivity (Wildman–Crippen MR) is 121 cm³/mol. The largest absolute Gasteiger partial charge is 0.478 e. The molecule has 1 saturated heterocycles. The molecule has 0 unspecified atom stereocenters. The van der Waals surface area contributed by atoms with Crippen molar-refractivity contribution >= 4 is 46.3 Å². The number of benzene rings is 2. The summed E-state index contributed by atoms with van der Waals surface area (Å²) in [4.78, 5) is 26.0. The van der Waals surface area contributed by atoms with E-state index in [1.54, 1.807) is 29.2 Å². The summed E-state index contributed by atoms with van der Waals surface area (Å²) in [6.07, 6.45) is 2.22. The smallest absolute Gasteiger partial charge is 0.335 e. The molecule has 2 heterocycles. The average molecular weight is 436 g/mol. The lowest BCUT2D eigenvalue weighted by atomic mass is 10.1. The molecule has 1 N–H and O–H groups in total. The fourth-order valence-corrected chi connectivity index (χ4v) is 4.40. The van der Waals surface area contributed by atoms with Crippen LogP contribution in [-0.2, 0) is 11.2 Å². The monoisotopic (exact) mass is 435 g/mol. The van der Waals surface area contributed by atoms with E-state index in [2.05, 4.69) is 0 Å². The number of carbonyl (C=O) groups is 2. The molecule has 1 aliphatic heterocycles. The fraction of sp³-hybridized carbons (Fsp3) is 0.0870. The van der Waals surface area contributed by atoms with Crippen molar-refractivity contribution in [1.29, 1.82) is 0 Å². The number of rotatable bonds is 6. The highest BCUT2D eigenvalue weighted by Crippen LogP contribution is 2.33. The predicted octanol–water partition coefficient (Wildman–Crippen LogP) is 5.09. The van der Waals surface area contributed by atoms with Gasteiger partial charge in [0.25, 0.3) is 5.91 Å². The molecule has 1 aromatic heterocycles. The van der Waals surface area contributed by atoms with Gasteiger partial charge in [0.05, 0.1) is 10.5 Å². The SMILES string of the molecule is O=C(O)c1cccc(CCN2C(=O)C(=Cc3ccc(-c4ccccc4)o3)SC2=S)c1. The molecule has 5 nitrogen and oxygen atoms in total. The number of thioether (sulfide) groups is 1. The second-order valence-electron chi connectivity index (χ2n) is 6.66. The molecule has 1 fully saturated rings. The molecule has 1 amide bonds. The van der Waals surface area contributed by atoms with E-state index in [0.717, 1.165) is 16.9 Å². The highest BCUT2D eigenvalue weighted by Gasteiger charge is 2.32. The molecule has 30 heavy (non-hydrogen) atoms. The Morgan fingerprint density at radius 1 is 1.10 bits per heavy atom. The summed E-state index contributed by atoms with van der Waals surface area (Å²) in [6.45, 7) is 0.387. The van der Waals surface area contributed by atoms with E-state index in [9.17, 15) is 9.59 Å². The molecule has 150 valence electrons. The van der Waals surface area contributed by atoms with Gasteiger partial charge in [-0.25, -0.2) is 4.79 Å². The Morgan fingerprint density at radius 2 is 1.90 bits per heavy atom. The van der Waals surface area contributed by atoms with Crippen molar-refractivity contribution in [3.63, 3.8) is 0 Å². The van der Waals surface area contributed by atoms with Crippen molar-refractivity contribution in [3.8, 4) is 11.3 Å². The van der Waals surface area contributed by atoms with Crippen molar-refractivity contribution in [2.75, 3.05) is 6.54 Å². The quantitative estimate of drug-likeness (QED) is 0.430. The minimum atomic E-state index is -0.973. The van der Waals surface area contributed by atoms with Crippen LogP contribution in [0.1, 0.15) is 21.7 Å². The van der Waals surface area contributed by atoms with Gasteiger partial charge in [-0.05, 0) is 36.2 Å². The van der Waals surface area contributed by atoms with Crippen molar-refractivity contribution in [2.24, 2.45) is 0 Å². The van der Waals surface area contributed by atoms with E-state index in [0.29, 0.717) is 28.0 Å². The number of hydrogen-bond acceptors (Lipinski definition) is 5. The highest BCUT2D eigenvalue weighted by atomic mass is 32.2. The Morgan fingerprint density at radius 3 is 2.67 bits per heavy atom. The molecular weight excluding hydrogens is 418 g/mol. The van der Waals surface area contributed by atoms with E-state index in [4.69, 9.17) is 21.7 Å². The zero-order valence-corrected chi connectivity index (χ0v) is 17.4. The number of hydrogen-bond donors (Lipinski definition) is 1. The molecule has 4 rings (SSSR count). The molecular formula is C23H17NO4S2. The molecule has 0 saturated carbocycles. The molecule has 0 spiro atoms. The number of furan rings is 1. The maximum atomic E-state index is 12.8. The third kappa shape index (κ3) is 4.37. The standard InChI is InChI=1S/C23H17NO4S2/c25-21-20(14-18-9-10-19(28-18)16-6-2-1-3-7-16)30-23(29)24(21)12-11-15-5-4-8-17(13-15)22(26)27/h1-10,13-14H,11-12H2,(H,26,27). The molecule has 0 atom stereocenters. The van der Waals surface area contributed by atoms with Crippen LogP contribution in [0.15, 0.2) is 76.1 Å². The zero-order valence-electron chi connectivity index (χ0n) is 15.8. The van der Waals surface area contributed by atoms with Crippen molar-refractivity contribution in [1.82, 2.24) is 4.90 Å². The third-order valence-electron chi connectivity index (χ3n) is 4.63. The van der Waals surface area contributed by atoms with Gasteiger partial charge < -0.3 is 9.52 Å². The van der Waals surface area contributed by atoms with E-state index < -0.39 is 5.97 Å². The van der Waals surface area contributed by atoms with Crippen molar-refractivity contribution < 1.29 is 19.1 Å². The number of aromatic carboxylic acids is 1. The first-order chi connectivity index (χ1) is 14.5. The lowest BCUT2D eigenvalue weighted by Gasteiger charge is -2.14. The van der Waals surface area contributed by atoms with E-state index in [1.165, 1.54) is 11.8 Å². The lowest BCUT2D eigenvalue weighted by Crippen LogP contribution is -2.30. The fourth-order valence-electron chi connectivity index (χ4n) is 3.11. The van der Waals surface area contributed by atoms with Crippen molar-refractivity contribution in [3.05, 3.63) is 88.5 Å². The Labute approximate surface area is 183 Å². The van der Waals surface area contributed by atoms with Crippen LogP contribution in [0.2, 0.25) is 0 Å². The summed E-state index contributed by atoms with van der Waals surface area (Å²) in [5.74, 6) is 0.176. The highest BCUT2D eigenvalue weighted by molar-refractivity contribution is 8.26. The minimum absolute atomic E-state index is 0.169. The summed E-state index contributed by atoms with van der Waals surface area (Å²) in [5, 5.41) is 9.12. The zero-order chi connectivity index (χ0) is 21.1. The van der Waals surface area contributed by atoms with Gasteiger partial charge in [-0.3, -0.25) is 9.69 Å². The molecule has 7 heteroatoms. The molecule has 0 bridgehead atoms. The Bertz CT molecular complexity index is 1150. The minimum Gasteiger partial charge on any atom is -0.478 e. The summed E-state index contributed by atoms with van der Waals surface area (Å²) < 4.78 is 6.34. The number of nitrogens with zero attached hydrogens (tertiary/aromatic N) is 1. The Hall–Kier alpha value is -3.16. The second kappa shape index (κ2) is 8.69. The van der Waals surface area contributed by atoms with E-state index in [1.807, 2.05) is 48.5 Å². The lowest BCUT2D eigenvalue weighted by molar-refractivity contribution is -0.122. The van der Waals surface area contributed by atoms with Crippen LogP contribution in [0.3, 0.4) is 0 Å². The maximum Gasteiger partial charge on any atom is 0.335 e. The molecule has 0 radical (unpaired) electrons. The van der Waals surface area contributed by atoms with Gasteiger partial charge in [-0.1, -0.05) is 66.4 Å². The number of amides is 1. The van der Waals surface area contributed by atoms with E-state index in [-0.39, 0.29) is 11.5 Å². The van der Waals surface area contributed by atoms with Gasteiger partial charge in [0, 0.05) is 18.2 Å². The number of carboxylic acid groups (broad SMARTS) is 1. The van der Waals surface area contributed by atoms with Crippen LogP contribution in [0, 0.1) is 0 Å². The Balaban J connectivity index is 1.46. The first kappa shape index (κ1) is 20.1. The number of carboxylic acids is 1. The van der Waals surface area contributed by atoms with Crippen LogP contribution < -0.4 is 0 Å². The van der Waals surface area contributed by atoms with Crippen LogP contribution >= 0.6 is 24.0 Å². The van der Waals surface area contributed by atoms with Gasteiger partial charge in [0.2, 0.25) is 0 Å². The average Bonchev–Trinajstić information content (AvgIpc) is 3.32. The molecule has 2 aromatic carbocycles. The normalized spacial score (nSPS) is 15.2. The Kier molecular flexibility index (Phi) is 5.83. The van der Waals surface area contributed by atoms with Crippen molar-refractivity contribution in [2.45, 2.75) is 6.42 Å².